The van der Waals surface area contributed by atoms with Crippen molar-refractivity contribution in [2.45, 2.75) is 6.54 Å². The lowest BCUT2D eigenvalue weighted by Gasteiger charge is -2.21. The normalized spacial score (nSPS) is 14.1. The topological polar surface area (TPSA) is 75.2 Å². The number of aromatic nitrogens is 1. The Morgan fingerprint density at radius 1 is 1.25 bits per heavy atom. The lowest BCUT2D eigenvalue weighted by molar-refractivity contribution is 0.331. The van der Waals surface area contributed by atoms with E-state index in [1.165, 1.54) is 5.56 Å². The molecular weight excluding hydrogens is 252 g/mol. The van der Waals surface area contributed by atoms with Gasteiger partial charge in [-0.15, -0.1) is 0 Å². The van der Waals surface area contributed by atoms with Crippen LogP contribution in [-0.4, -0.2) is 24.0 Å². The lowest BCUT2D eigenvalue weighted by Crippen LogP contribution is -2.25. The quantitative estimate of drug-likeness (QED) is 0.643. The predicted octanol–water partition coefficient (Wildman–Crippen LogP) is 1.76. The maximum absolute atomic E-state index is 7.36. The Kier molecular flexibility index (Phi) is 3.25. The SMILES string of the molecule is N=C(N)c1ccc(N2CCOc3ccccc3C2)cn1. The number of amidine groups is 1. The standard InChI is InChI=1S/C15H16N4O/c16-15(17)13-6-5-12(9-18-13)19-7-8-20-14-4-2-1-3-11(14)10-19/h1-6,9H,7-8,10H2,(H3,16,17). The van der Waals surface area contributed by atoms with Gasteiger partial charge >= 0.3 is 0 Å². The van der Waals surface area contributed by atoms with Crippen LogP contribution < -0.4 is 15.4 Å². The number of nitrogens with two attached hydrogens (primary N) is 1. The summed E-state index contributed by atoms with van der Waals surface area (Å²) in [4.78, 5) is 6.42. The molecule has 3 N–H and O–H groups in total. The molecule has 1 aliphatic heterocycles. The molecule has 0 saturated heterocycles. The monoisotopic (exact) mass is 268 g/mol. The van der Waals surface area contributed by atoms with Crippen molar-refractivity contribution in [2.24, 2.45) is 5.73 Å². The van der Waals surface area contributed by atoms with Crippen molar-refractivity contribution in [2.75, 3.05) is 18.1 Å². The lowest BCUT2D eigenvalue weighted by atomic mass is 10.2. The van der Waals surface area contributed by atoms with Gasteiger partial charge in [-0.05, 0) is 18.2 Å². The number of nitrogen functional groups attached to an aromatic ring is 1. The molecule has 0 amide bonds. The second kappa shape index (κ2) is 5.21. The fraction of sp³-hybridized carbons (Fsp3) is 0.200. The minimum atomic E-state index is -0.0129. The van der Waals surface area contributed by atoms with Crippen molar-refractivity contribution in [3.05, 3.63) is 53.9 Å². The number of rotatable bonds is 2. The molecule has 2 aromatic rings. The molecule has 5 nitrogen and oxygen atoms in total. The van der Waals surface area contributed by atoms with Crippen LogP contribution in [0.3, 0.4) is 0 Å². The molecule has 0 saturated carbocycles. The molecule has 3 rings (SSSR count). The van der Waals surface area contributed by atoms with E-state index in [1.54, 1.807) is 12.3 Å². The molecule has 5 heteroatoms. The maximum atomic E-state index is 7.36. The zero-order valence-electron chi connectivity index (χ0n) is 11.0. The fourth-order valence-electron chi connectivity index (χ4n) is 2.28. The number of hydrogen-bond acceptors (Lipinski definition) is 4. The van der Waals surface area contributed by atoms with Crippen LogP contribution in [0.2, 0.25) is 0 Å². The molecule has 0 atom stereocenters. The van der Waals surface area contributed by atoms with Gasteiger partial charge in [-0.1, -0.05) is 18.2 Å². The number of nitrogens with one attached hydrogen (secondary N) is 1. The Hall–Kier alpha value is -2.56. The van der Waals surface area contributed by atoms with E-state index in [-0.39, 0.29) is 5.84 Å². The van der Waals surface area contributed by atoms with Gasteiger partial charge in [-0.3, -0.25) is 10.4 Å². The Labute approximate surface area is 117 Å². The van der Waals surface area contributed by atoms with Crippen molar-refractivity contribution in [3.8, 4) is 5.75 Å². The van der Waals surface area contributed by atoms with E-state index < -0.39 is 0 Å². The minimum Gasteiger partial charge on any atom is -0.491 e. The molecule has 0 bridgehead atoms. The molecule has 2 heterocycles. The number of anilines is 1. The second-order valence-corrected chi connectivity index (χ2v) is 4.69. The van der Waals surface area contributed by atoms with Gasteiger partial charge < -0.3 is 15.4 Å². The summed E-state index contributed by atoms with van der Waals surface area (Å²) in [5, 5.41) is 7.36. The largest absolute Gasteiger partial charge is 0.491 e. The highest BCUT2D eigenvalue weighted by Crippen LogP contribution is 2.25. The molecule has 1 aliphatic rings. The van der Waals surface area contributed by atoms with Crippen LogP contribution >= 0.6 is 0 Å². The van der Waals surface area contributed by atoms with Crippen molar-refractivity contribution in [1.29, 1.82) is 5.41 Å². The van der Waals surface area contributed by atoms with Gasteiger partial charge in [0.2, 0.25) is 0 Å². The third-order valence-electron chi connectivity index (χ3n) is 3.34. The van der Waals surface area contributed by atoms with Crippen LogP contribution in [0.25, 0.3) is 0 Å². The minimum absolute atomic E-state index is 0.0129. The number of hydrogen-bond donors (Lipinski definition) is 2. The van der Waals surface area contributed by atoms with Gasteiger partial charge in [-0.2, -0.15) is 0 Å². The molecule has 0 radical (unpaired) electrons. The maximum Gasteiger partial charge on any atom is 0.141 e. The smallest absolute Gasteiger partial charge is 0.141 e. The summed E-state index contributed by atoms with van der Waals surface area (Å²) in [6.07, 6.45) is 1.75. The summed E-state index contributed by atoms with van der Waals surface area (Å²) in [6, 6.07) is 11.8. The molecule has 1 aromatic carbocycles. The zero-order chi connectivity index (χ0) is 13.9. The van der Waals surface area contributed by atoms with E-state index in [9.17, 15) is 0 Å². The first-order valence-corrected chi connectivity index (χ1v) is 6.50. The molecule has 1 aromatic heterocycles. The van der Waals surface area contributed by atoms with E-state index in [2.05, 4.69) is 16.0 Å². The Balaban J connectivity index is 1.85. The average Bonchev–Trinajstić information content (AvgIpc) is 2.69. The number of nitrogens with zero attached hydrogens (tertiary/aromatic N) is 2. The molecule has 102 valence electrons. The van der Waals surface area contributed by atoms with Gasteiger partial charge in [0.25, 0.3) is 0 Å². The zero-order valence-corrected chi connectivity index (χ0v) is 11.0. The summed E-state index contributed by atoms with van der Waals surface area (Å²) in [5.41, 5.74) is 8.09. The van der Waals surface area contributed by atoms with Gasteiger partial charge in [0.1, 0.15) is 23.9 Å². The highest BCUT2D eigenvalue weighted by Gasteiger charge is 2.15. The molecule has 0 spiro atoms. The Morgan fingerprint density at radius 2 is 2.10 bits per heavy atom. The first kappa shape index (κ1) is 12.5. The van der Waals surface area contributed by atoms with E-state index in [0.717, 1.165) is 24.5 Å². The van der Waals surface area contributed by atoms with Crippen LogP contribution in [0.1, 0.15) is 11.3 Å². The molecule has 0 aliphatic carbocycles. The number of pyridine rings is 1. The third kappa shape index (κ3) is 2.42. The highest BCUT2D eigenvalue weighted by atomic mass is 16.5. The van der Waals surface area contributed by atoms with Crippen molar-refractivity contribution < 1.29 is 4.74 Å². The number of fused-ring (bicyclic) bond motifs is 1. The first-order valence-electron chi connectivity index (χ1n) is 6.50. The summed E-state index contributed by atoms with van der Waals surface area (Å²) in [5.74, 6) is 0.935. The summed E-state index contributed by atoms with van der Waals surface area (Å²) < 4.78 is 5.75. The predicted molar refractivity (Wildman–Crippen MR) is 78.2 cm³/mol. The Morgan fingerprint density at radius 3 is 2.85 bits per heavy atom. The third-order valence-corrected chi connectivity index (χ3v) is 3.34. The molecular formula is C15H16N4O. The van der Waals surface area contributed by atoms with Gasteiger partial charge in [-0.25, -0.2) is 0 Å². The van der Waals surface area contributed by atoms with Crippen LogP contribution in [-0.2, 0) is 6.54 Å². The van der Waals surface area contributed by atoms with Crippen molar-refractivity contribution in [1.82, 2.24) is 4.98 Å². The van der Waals surface area contributed by atoms with E-state index in [4.69, 9.17) is 15.9 Å². The van der Waals surface area contributed by atoms with Crippen LogP contribution in [0.4, 0.5) is 5.69 Å². The average molecular weight is 268 g/mol. The van der Waals surface area contributed by atoms with Crippen LogP contribution in [0, 0.1) is 5.41 Å². The highest BCUT2D eigenvalue weighted by molar-refractivity contribution is 5.93. The second-order valence-electron chi connectivity index (χ2n) is 4.69. The molecule has 0 unspecified atom stereocenters. The summed E-state index contributed by atoms with van der Waals surface area (Å²) in [7, 11) is 0. The molecule has 20 heavy (non-hydrogen) atoms. The van der Waals surface area contributed by atoms with E-state index >= 15 is 0 Å². The molecule has 0 fully saturated rings. The van der Waals surface area contributed by atoms with Gasteiger partial charge in [0.15, 0.2) is 0 Å². The first-order chi connectivity index (χ1) is 9.74. The summed E-state index contributed by atoms with van der Waals surface area (Å²) >= 11 is 0. The summed E-state index contributed by atoms with van der Waals surface area (Å²) in [6.45, 7) is 2.23. The van der Waals surface area contributed by atoms with Gasteiger partial charge in [0, 0.05) is 12.1 Å². The van der Waals surface area contributed by atoms with E-state index in [0.29, 0.717) is 12.3 Å². The van der Waals surface area contributed by atoms with Crippen molar-refractivity contribution in [3.63, 3.8) is 0 Å². The van der Waals surface area contributed by atoms with Gasteiger partial charge in [0.05, 0.1) is 18.4 Å². The Bertz CT molecular complexity index is 624. The number of benzene rings is 1. The van der Waals surface area contributed by atoms with Crippen molar-refractivity contribution >= 4 is 11.5 Å². The van der Waals surface area contributed by atoms with Crippen LogP contribution in [0.15, 0.2) is 42.6 Å². The number of para-hydroxylation sites is 1. The fourth-order valence-corrected chi connectivity index (χ4v) is 2.28. The van der Waals surface area contributed by atoms with E-state index in [1.807, 2.05) is 24.3 Å². The van der Waals surface area contributed by atoms with Crippen LogP contribution in [0.5, 0.6) is 5.75 Å². The number of ether oxygens (including phenoxy) is 1.